The molecule has 0 aromatic heterocycles. The molecule has 0 bridgehead atoms. The van der Waals surface area contributed by atoms with Gasteiger partial charge in [0.25, 0.3) is 0 Å². The molecule has 1 N–H and O–H groups in total. The van der Waals surface area contributed by atoms with Gasteiger partial charge < -0.3 is 5.32 Å². The Bertz CT molecular complexity index is 908. The zero-order valence-corrected chi connectivity index (χ0v) is 15.9. The fourth-order valence-corrected chi connectivity index (χ4v) is 4.36. The molecule has 1 aliphatic rings. The summed E-state index contributed by atoms with van der Waals surface area (Å²) in [4.78, 5) is 14.2. The lowest BCUT2D eigenvalue weighted by Gasteiger charge is -2.33. The van der Waals surface area contributed by atoms with Gasteiger partial charge in [-0.1, -0.05) is 29.8 Å². The highest BCUT2D eigenvalue weighted by Gasteiger charge is 2.29. The van der Waals surface area contributed by atoms with Gasteiger partial charge in [0.15, 0.2) is 0 Å². The first-order chi connectivity index (χ1) is 12.9. The number of piperazine rings is 1. The Morgan fingerprint density at radius 2 is 1.67 bits per heavy atom. The predicted octanol–water partition coefficient (Wildman–Crippen LogP) is 2.08. The maximum atomic E-state index is 13.6. The first-order valence-electron chi connectivity index (χ1n) is 8.70. The third-order valence-electron chi connectivity index (χ3n) is 4.51. The fourth-order valence-electron chi connectivity index (χ4n) is 2.94. The number of benzene rings is 2. The van der Waals surface area contributed by atoms with Gasteiger partial charge in [-0.3, -0.25) is 9.69 Å². The van der Waals surface area contributed by atoms with Crippen LogP contribution in [0.5, 0.6) is 0 Å². The number of nitrogens with one attached hydrogen (secondary N) is 1. The van der Waals surface area contributed by atoms with Crippen LogP contribution in [0.25, 0.3) is 0 Å². The predicted molar refractivity (Wildman–Crippen MR) is 101 cm³/mol. The van der Waals surface area contributed by atoms with Crippen molar-refractivity contribution in [2.24, 2.45) is 0 Å². The number of anilines is 1. The van der Waals surface area contributed by atoms with Crippen molar-refractivity contribution in [1.82, 2.24) is 9.21 Å². The van der Waals surface area contributed by atoms with Crippen LogP contribution in [-0.2, 0) is 14.8 Å². The van der Waals surface area contributed by atoms with Crippen molar-refractivity contribution in [3.8, 4) is 0 Å². The summed E-state index contributed by atoms with van der Waals surface area (Å²) in [7, 11) is -3.53. The van der Waals surface area contributed by atoms with Gasteiger partial charge in [-0.25, -0.2) is 12.8 Å². The van der Waals surface area contributed by atoms with Gasteiger partial charge in [-0.2, -0.15) is 4.31 Å². The first-order valence-corrected chi connectivity index (χ1v) is 10.1. The van der Waals surface area contributed by atoms with E-state index in [1.165, 1.54) is 16.4 Å². The van der Waals surface area contributed by atoms with Crippen molar-refractivity contribution in [1.29, 1.82) is 0 Å². The SMILES string of the molecule is Cc1ccc(S(=O)(=O)N2CCN(CC(=O)Nc3ccccc3F)CC2)cc1. The van der Waals surface area contributed by atoms with Crippen molar-refractivity contribution < 1.29 is 17.6 Å². The van der Waals surface area contributed by atoms with Crippen molar-refractivity contribution in [2.45, 2.75) is 11.8 Å². The molecule has 3 rings (SSSR count). The van der Waals surface area contributed by atoms with E-state index in [0.717, 1.165) is 5.56 Å². The number of para-hydroxylation sites is 1. The minimum atomic E-state index is -3.53. The quantitative estimate of drug-likeness (QED) is 0.847. The van der Waals surface area contributed by atoms with Gasteiger partial charge in [0.05, 0.1) is 17.1 Å². The number of carbonyl (C=O) groups excluding carboxylic acids is 1. The van der Waals surface area contributed by atoms with E-state index >= 15 is 0 Å². The lowest BCUT2D eigenvalue weighted by Crippen LogP contribution is -2.50. The Morgan fingerprint density at radius 3 is 2.30 bits per heavy atom. The molecule has 0 unspecified atom stereocenters. The van der Waals surface area contributed by atoms with E-state index in [1.54, 1.807) is 36.4 Å². The zero-order valence-electron chi connectivity index (χ0n) is 15.1. The summed E-state index contributed by atoms with van der Waals surface area (Å²) >= 11 is 0. The highest BCUT2D eigenvalue weighted by Crippen LogP contribution is 2.18. The topological polar surface area (TPSA) is 69.7 Å². The van der Waals surface area contributed by atoms with Crippen LogP contribution < -0.4 is 5.32 Å². The van der Waals surface area contributed by atoms with Crippen molar-refractivity contribution in [2.75, 3.05) is 38.0 Å². The summed E-state index contributed by atoms with van der Waals surface area (Å²) in [6, 6.07) is 12.7. The highest BCUT2D eigenvalue weighted by molar-refractivity contribution is 7.89. The molecule has 0 aliphatic carbocycles. The Morgan fingerprint density at radius 1 is 1.04 bits per heavy atom. The number of carbonyl (C=O) groups is 1. The van der Waals surface area contributed by atoms with Crippen LogP contribution in [0.15, 0.2) is 53.4 Å². The van der Waals surface area contributed by atoms with Gasteiger partial charge in [-0.15, -0.1) is 0 Å². The standard InChI is InChI=1S/C19H22FN3O3S/c1-15-6-8-16(9-7-15)27(25,26)23-12-10-22(11-13-23)14-19(24)21-18-5-3-2-4-17(18)20/h2-9H,10-14H2,1H3,(H,21,24). The smallest absolute Gasteiger partial charge is 0.243 e. The van der Waals surface area contributed by atoms with Gasteiger partial charge in [0.1, 0.15) is 5.82 Å². The normalized spacial score (nSPS) is 16.2. The zero-order chi connectivity index (χ0) is 19.4. The second-order valence-electron chi connectivity index (χ2n) is 6.52. The average Bonchev–Trinajstić information content (AvgIpc) is 2.64. The van der Waals surface area contributed by atoms with Crippen LogP contribution in [-0.4, -0.2) is 56.3 Å². The molecule has 27 heavy (non-hydrogen) atoms. The molecular weight excluding hydrogens is 369 g/mol. The summed E-state index contributed by atoms with van der Waals surface area (Å²) in [6.45, 7) is 3.49. The fraction of sp³-hybridized carbons (Fsp3) is 0.316. The van der Waals surface area contributed by atoms with E-state index in [2.05, 4.69) is 5.32 Å². The molecule has 1 fully saturated rings. The first kappa shape index (κ1) is 19.5. The van der Waals surface area contributed by atoms with Gasteiger partial charge >= 0.3 is 0 Å². The molecule has 1 amide bonds. The molecule has 1 heterocycles. The summed E-state index contributed by atoms with van der Waals surface area (Å²) in [5.41, 5.74) is 1.14. The van der Waals surface area contributed by atoms with E-state index in [0.29, 0.717) is 26.2 Å². The number of hydrogen-bond donors (Lipinski definition) is 1. The van der Waals surface area contributed by atoms with Gasteiger partial charge in [0.2, 0.25) is 15.9 Å². The maximum Gasteiger partial charge on any atom is 0.243 e. The Kier molecular flexibility index (Phi) is 5.88. The van der Waals surface area contributed by atoms with Gasteiger partial charge in [-0.05, 0) is 31.2 Å². The van der Waals surface area contributed by atoms with Crippen molar-refractivity contribution >= 4 is 21.6 Å². The summed E-state index contributed by atoms with van der Waals surface area (Å²) in [6.07, 6.45) is 0. The number of rotatable bonds is 5. The molecule has 0 radical (unpaired) electrons. The van der Waals surface area contributed by atoms with Crippen LogP contribution in [0.2, 0.25) is 0 Å². The average molecular weight is 391 g/mol. The van der Waals surface area contributed by atoms with E-state index in [4.69, 9.17) is 0 Å². The maximum absolute atomic E-state index is 13.6. The molecule has 2 aromatic rings. The molecule has 0 saturated carbocycles. The Labute approximate surface area is 158 Å². The van der Waals surface area contributed by atoms with E-state index in [1.807, 2.05) is 11.8 Å². The Hall–Kier alpha value is -2.29. The van der Waals surface area contributed by atoms with E-state index in [9.17, 15) is 17.6 Å². The number of aryl methyl sites for hydroxylation is 1. The third kappa shape index (κ3) is 4.71. The lowest BCUT2D eigenvalue weighted by atomic mass is 10.2. The van der Waals surface area contributed by atoms with Crippen LogP contribution >= 0.6 is 0 Å². The largest absolute Gasteiger partial charge is 0.322 e. The molecule has 1 saturated heterocycles. The van der Waals surface area contributed by atoms with E-state index < -0.39 is 15.8 Å². The molecule has 6 nitrogen and oxygen atoms in total. The number of hydrogen-bond acceptors (Lipinski definition) is 4. The minimum absolute atomic E-state index is 0.0900. The summed E-state index contributed by atoms with van der Waals surface area (Å²) in [5.74, 6) is -0.810. The van der Waals surface area contributed by atoms with Crippen LogP contribution in [0, 0.1) is 12.7 Å². The second kappa shape index (κ2) is 8.16. The van der Waals surface area contributed by atoms with Gasteiger partial charge in [0, 0.05) is 26.2 Å². The summed E-state index contributed by atoms with van der Waals surface area (Å²) in [5, 5.41) is 2.54. The number of sulfonamides is 1. The molecule has 1 aliphatic heterocycles. The van der Waals surface area contributed by atoms with Crippen molar-refractivity contribution in [3.05, 3.63) is 59.9 Å². The van der Waals surface area contributed by atoms with Crippen LogP contribution in [0.4, 0.5) is 10.1 Å². The van der Waals surface area contributed by atoms with E-state index in [-0.39, 0.29) is 23.0 Å². The second-order valence-corrected chi connectivity index (χ2v) is 8.46. The molecule has 2 aromatic carbocycles. The molecule has 0 spiro atoms. The summed E-state index contributed by atoms with van der Waals surface area (Å²) < 4.78 is 40.4. The minimum Gasteiger partial charge on any atom is -0.322 e. The number of nitrogens with zero attached hydrogens (tertiary/aromatic N) is 2. The van der Waals surface area contributed by atoms with Crippen molar-refractivity contribution in [3.63, 3.8) is 0 Å². The molecular formula is C19H22FN3O3S. The highest BCUT2D eigenvalue weighted by atomic mass is 32.2. The van der Waals surface area contributed by atoms with Crippen LogP contribution in [0.3, 0.4) is 0 Å². The number of amides is 1. The molecule has 144 valence electrons. The van der Waals surface area contributed by atoms with Crippen LogP contribution in [0.1, 0.15) is 5.56 Å². The molecule has 8 heteroatoms. The molecule has 0 atom stereocenters. The number of halogens is 1. The monoisotopic (exact) mass is 391 g/mol. The lowest BCUT2D eigenvalue weighted by molar-refractivity contribution is -0.117. The Balaban J connectivity index is 1.55. The third-order valence-corrected chi connectivity index (χ3v) is 6.42.